The SMILES string of the molecule is C=C/C(=C\C=C/C)C(=O)NC(Cc1ccccc1)C(=O)Nc1cccc2cccnc12. The number of carbonyl (C=O) groups excluding carboxylic acids is 2. The van der Waals surface area contributed by atoms with Gasteiger partial charge in [-0.05, 0) is 30.7 Å². The van der Waals surface area contributed by atoms with Crippen LogP contribution in [-0.4, -0.2) is 22.8 Å². The van der Waals surface area contributed by atoms with Gasteiger partial charge in [0.25, 0.3) is 5.91 Å². The van der Waals surface area contributed by atoms with Crippen molar-refractivity contribution in [1.29, 1.82) is 0 Å². The summed E-state index contributed by atoms with van der Waals surface area (Å²) >= 11 is 0. The fraction of sp³-hybridized carbons (Fsp3) is 0.115. The standard InChI is InChI=1S/C26H25N3O2/c1-3-5-13-20(4-2)25(30)29-23(18-19-11-7-6-8-12-19)26(31)28-22-16-9-14-21-15-10-17-27-24(21)22/h3-17,23H,2,18H2,1H3,(H,28,31)(H,29,30)/b5-3-,20-13+. The molecule has 1 aromatic heterocycles. The monoisotopic (exact) mass is 411 g/mol. The Balaban J connectivity index is 1.87. The molecule has 3 aromatic rings. The Morgan fingerprint density at radius 2 is 1.84 bits per heavy atom. The Labute approximate surface area is 182 Å². The van der Waals surface area contributed by atoms with E-state index in [1.807, 2.05) is 67.6 Å². The highest BCUT2D eigenvalue weighted by molar-refractivity contribution is 6.05. The number of carbonyl (C=O) groups is 2. The second-order valence-electron chi connectivity index (χ2n) is 6.94. The van der Waals surface area contributed by atoms with E-state index in [0.717, 1.165) is 10.9 Å². The molecule has 1 atom stereocenters. The van der Waals surface area contributed by atoms with Crippen LogP contribution in [0.5, 0.6) is 0 Å². The van der Waals surface area contributed by atoms with Crippen molar-refractivity contribution in [3.63, 3.8) is 0 Å². The molecule has 0 saturated carbocycles. The molecule has 1 unspecified atom stereocenters. The molecule has 156 valence electrons. The first kappa shape index (κ1) is 21.7. The van der Waals surface area contributed by atoms with Gasteiger partial charge in [-0.25, -0.2) is 0 Å². The maximum Gasteiger partial charge on any atom is 0.251 e. The molecule has 0 saturated heterocycles. The predicted octanol–water partition coefficient (Wildman–Crippen LogP) is 4.59. The Hall–Kier alpha value is -3.99. The van der Waals surface area contributed by atoms with E-state index in [-0.39, 0.29) is 11.8 Å². The molecule has 31 heavy (non-hydrogen) atoms. The first-order valence-electron chi connectivity index (χ1n) is 10.1. The first-order chi connectivity index (χ1) is 15.1. The highest BCUT2D eigenvalue weighted by atomic mass is 16.2. The number of fused-ring (bicyclic) bond motifs is 1. The number of nitrogens with one attached hydrogen (secondary N) is 2. The lowest BCUT2D eigenvalue weighted by atomic mass is 10.0. The van der Waals surface area contributed by atoms with Crippen LogP contribution in [-0.2, 0) is 16.0 Å². The number of nitrogens with zero attached hydrogens (tertiary/aromatic N) is 1. The molecule has 2 N–H and O–H groups in total. The van der Waals surface area contributed by atoms with Gasteiger partial charge in [-0.1, -0.05) is 73.3 Å². The van der Waals surface area contributed by atoms with Crippen LogP contribution in [0.1, 0.15) is 12.5 Å². The van der Waals surface area contributed by atoms with Crippen molar-refractivity contribution in [3.8, 4) is 0 Å². The van der Waals surface area contributed by atoms with Crippen molar-refractivity contribution >= 4 is 28.4 Å². The van der Waals surface area contributed by atoms with E-state index in [0.29, 0.717) is 23.2 Å². The summed E-state index contributed by atoms with van der Waals surface area (Å²) in [6.07, 6.45) is 8.74. The molecule has 0 aliphatic rings. The number of hydrogen-bond acceptors (Lipinski definition) is 3. The van der Waals surface area contributed by atoms with E-state index >= 15 is 0 Å². The summed E-state index contributed by atoms with van der Waals surface area (Å²) in [5.74, 6) is -0.676. The molecule has 2 amide bonds. The van der Waals surface area contributed by atoms with Crippen LogP contribution in [0.2, 0.25) is 0 Å². The summed E-state index contributed by atoms with van der Waals surface area (Å²) in [5.41, 5.74) is 2.62. The normalized spacial score (nSPS) is 12.5. The number of allylic oxidation sites excluding steroid dienone is 3. The van der Waals surface area contributed by atoms with Gasteiger partial charge in [0.2, 0.25) is 5.91 Å². The van der Waals surface area contributed by atoms with E-state index in [1.54, 1.807) is 24.4 Å². The van der Waals surface area contributed by atoms with Crippen molar-refractivity contribution in [3.05, 3.63) is 109 Å². The van der Waals surface area contributed by atoms with Crippen LogP contribution in [0, 0.1) is 0 Å². The van der Waals surface area contributed by atoms with E-state index in [2.05, 4.69) is 22.2 Å². The molecule has 0 radical (unpaired) electrons. The number of hydrogen-bond donors (Lipinski definition) is 2. The zero-order valence-electron chi connectivity index (χ0n) is 17.4. The molecule has 5 heteroatoms. The molecule has 3 rings (SSSR count). The van der Waals surface area contributed by atoms with Gasteiger partial charge in [0.05, 0.1) is 11.2 Å². The second-order valence-corrected chi connectivity index (χ2v) is 6.94. The minimum atomic E-state index is -0.775. The maximum atomic E-state index is 13.2. The molecule has 2 aromatic carbocycles. The quantitative estimate of drug-likeness (QED) is 0.421. The van der Waals surface area contributed by atoms with Crippen LogP contribution in [0.15, 0.2) is 103 Å². The van der Waals surface area contributed by atoms with E-state index in [9.17, 15) is 9.59 Å². The lowest BCUT2D eigenvalue weighted by Gasteiger charge is -2.19. The third-order valence-electron chi connectivity index (χ3n) is 4.75. The molecular weight excluding hydrogens is 386 g/mol. The van der Waals surface area contributed by atoms with Crippen molar-refractivity contribution in [2.45, 2.75) is 19.4 Å². The minimum Gasteiger partial charge on any atom is -0.340 e. The minimum absolute atomic E-state index is 0.315. The van der Waals surface area contributed by atoms with Crippen molar-refractivity contribution < 1.29 is 9.59 Å². The van der Waals surface area contributed by atoms with Crippen molar-refractivity contribution in [2.24, 2.45) is 0 Å². The number of rotatable bonds is 8. The zero-order chi connectivity index (χ0) is 22.1. The van der Waals surface area contributed by atoms with Gasteiger partial charge in [-0.15, -0.1) is 0 Å². The van der Waals surface area contributed by atoms with E-state index < -0.39 is 6.04 Å². The molecule has 0 bridgehead atoms. The number of anilines is 1. The molecule has 0 spiro atoms. The third kappa shape index (κ3) is 5.76. The topological polar surface area (TPSA) is 71.1 Å². The number of pyridine rings is 1. The van der Waals surface area contributed by atoms with E-state index in [1.165, 1.54) is 6.08 Å². The van der Waals surface area contributed by atoms with Gasteiger partial charge in [-0.2, -0.15) is 0 Å². The van der Waals surface area contributed by atoms with Crippen LogP contribution in [0.4, 0.5) is 5.69 Å². The number of para-hydroxylation sites is 1. The summed E-state index contributed by atoms with van der Waals surface area (Å²) < 4.78 is 0. The van der Waals surface area contributed by atoms with Crippen molar-refractivity contribution in [1.82, 2.24) is 10.3 Å². The van der Waals surface area contributed by atoms with Gasteiger partial charge < -0.3 is 10.6 Å². The summed E-state index contributed by atoms with van der Waals surface area (Å²) in [4.78, 5) is 30.4. The Morgan fingerprint density at radius 1 is 1.06 bits per heavy atom. The fourth-order valence-corrected chi connectivity index (χ4v) is 3.16. The fourth-order valence-electron chi connectivity index (χ4n) is 3.16. The van der Waals surface area contributed by atoms with Crippen LogP contribution < -0.4 is 10.6 Å². The second kappa shape index (κ2) is 10.7. The molecule has 0 aliphatic carbocycles. The van der Waals surface area contributed by atoms with Gasteiger partial charge in [0, 0.05) is 23.6 Å². The molecule has 0 aliphatic heterocycles. The smallest absolute Gasteiger partial charge is 0.251 e. The summed E-state index contributed by atoms with van der Waals surface area (Å²) in [5, 5.41) is 6.71. The van der Waals surface area contributed by atoms with Crippen LogP contribution in [0.25, 0.3) is 10.9 Å². The Bertz CT molecular complexity index is 1130. The lowest BCUT2D eigenvalue weighted by Crippen LogP contribution is -2.45. The average molecular weight is 412 g/mol. The Morgan fingerprint density at radius 3 is 2.58 bits per heavy atom. The van der Waals surface area contributed by atoms with Gasteiger partial charge >= 0.3 is 0 Å². The highest BCUT2D eigenvalue weighted by Crippen LogP contribution is 2.21. The molecule has 1 heterocycles. The number of aromatic nitrogens is 1. The highest BCUT2D eigenvalue weighted by Gasteiger charge is 2.23. The first-order valence-corrected chi connectivity index (χ1v) is 10.1. The van der Waals surface area contributed by atoms with Crippen LogP contribution in [0.3, 0.4) is 0 Å². The number of benzene rings is 2. The Kier molecular flexibility index (Phi) is 7.49. The largest absolute Gasteiger partial charge is 0.340 e. The summed E-state index contributed by atoms with van der Waals surface area (Å²) in [6.45, 7) is 5.56. The van der Waals surface area contributed by atoms with Gasteiger partial charge in [0.1, 0.15) is 6.04 Å². The van der Waals surface area contributed by atoms with Crippen LogP contribution >= 0.6 is 0 Å². The van der Waals surface area contributed by atoms with Gasteiger partial charge in [0.15, 0.2) is 0 Å². The molecular formula is C26H25N3O2. The maximum absolute atomic E-state index is 13.2. The van der Waals surface area contributed by atoms with Gasteiger partial charge in [-0.3, -0.25) is 14.6 Å². The number of amides is 2. The zero-order valence-corrected chi connectivity index (χ0v) is 17.4. The molecule has 0 fully saturated rings. The predicted molar refractivity (Wildman–Crippen MR) is 126 cm³/mol. The molecule has 5 nitrogen and oxygen atoms in total. The summed E-state index contributed by atoms with van der Waals surface area (Å²) in [6, 6.07) is 18.2. The lowest BCUT2D eigenvalue weighted by molar-refractivity contribution is -0.124. The van der Waals surface area contributed by atoms with Crippen molar-refractivity contribution in [2.75, 3.05) is 5.32 Å². The third-order valence-corrected chi connectivity index (χ3v) is 4.75. The summed E-state index contributed by atoms with van der Waals surface area (Å²) in [7, 11) is 0. The average Bonchev–Trinajstić information content (AvgIpc) is 2.80. The van der Waals surface area contributed by atoms with E-state index in [4.69, 9.17) is 0 Å².